The van der Waals surface area contributed by atoms with Crippen LogP contribution in [0.15, 0.2) is 12.2 Å². The highest BCUT2D eigenvalue weighted by Gasteiger charge is 2.27. The van der Waals surface area contributed by atoms with E-state index in [0.717, 1.165) is 57.8 Å². The predicted molar refractivity (Wildman–Crippen MR) is 261 cm³/mol. The molecule has 62 heavy (non-hydrogen) atoms. The van der Waals surface area contributed by atoms with Crippen LogP contribution in [-0.4, -0.2) is 74.9 Å². The molecule has 0 aromatic heterocycles. The van der Waals surface area contributed by atoms with Crippen LogP contribution in [0, 0.1) is 0 Å². The van der Waals surface area contributed by atoms with Crippen LogP contribution in [0.3, 0.4) is 0 Å². The van der Waals surface area contributed by atoms with Gasteiger partial charge in [0.2, 0.25) is 0 Å². The molecule has 0 aliphatic heterocycles. The minimum atomic E-state index is -4.37. The van der Waals surface area contributed by atoms with Crippen molar-refractivity contribution in [1.82, 2.24) is 0 Å². The van der Waals surface area contributed by atoms with Crippen molar-refractivity contribution >= 4 is 19.8 Å². The highest BCUT2D eigenvalue weighted by Crippen LogP contribution is 2.43. The van der Waals surface area contributed by atoms with Gasteiger partial charge in [0.1, 0.15) is 19.8 Å². The molecule has 0 aromatic rings. The Balaban J connectivity index is 4.02. The summed E-state index contributed by atoms with van der Waals surface area (Å²) in [7, 11) is 1.48. The minimum Gasteiger partial charge on any atom is -0.462 e. The van der Waals surface area contributed by atoms with Crippen molar-refractivity contribution in [2.75, 3.05) is 47.5 Å². The quantitative estimate of drug-likeness (QED) is 0.0211. The second kappa shape index (κ2) is 44.9. The number of quaternary nitrogens is 1. The van der Waals surface area contributed by atoms with Crippen molar-refractivity contribution in [2.45, 2.75) is 264 Å². The molecule has 0 saturated carbocycles. The zero-order chi connectivity index (χ0) is 45.7. The zero-order valence-corrected chi connectivity index (χ0v) is 42.5. The molecule has 0 rings (SSSR count). The summed E-state index contributed by atoms with van der Waals surface area (Å²) in [5.41, 5.74) is 0. The number of allylic oxidation sites excluding steroid dienone is 2. The van der Waals surface area contributed by atoms with E-state index in [1.54, 1.807) is 0 Å². The van der Waals surface area contributed by atoms with Gasteiger partial charge in [0.25, 0.3) is 0 Å². The Labute approximate surface area is 384 Å². The molecule has 1 N–H and O–H groups in total. The van der Waals surface area contributed by atoms with Crippen molar-refractivity contribution in [3.05, 3.63) is 12.2 Å². The van der Waals surface area contributed by atoms with Gasteiger partial charge < -0.3 is 18.9 Å². The summed E-state index contributed by atoms with van der Waals surface area (Å²) < 4.78 is 34.4. The summed E-state index contributed by atoms with van der Waals surface area (Å²) in [6.07, 6.45) is 50.1. The smallest absolute Gasteiger partial charge is 0.462 e. The monoisotopic (exact) mass is 901 g/mol. The molecule has 2 unspecified atom stereocenters. The number of nitrogens with zero attached hydrogens (tertiary/aromatic N) is 1. The molecular weight excluding hydrogens is 798 g/mol. The van der Waals surface area contributed by atoms with Gasteiger partial charge in [-0.25, -0.2) is 4.57 Å². The summed E-state index contributed by atoms with van der Waals surface area (Å²) in [4.78, 5) is 35.4. The average molecular weight is 901 g/mol. The summed E-state index contributed by atoms with van der Waals surface area (Å²) in [5, 5.41) is 0. The van der Waals surface area contributed by atoms with Crippen LogP contribution < -0.4 is 0 Å². The Kier molecular flexibility index (Phi) is 44.0. The van der Waals surface area contributed by atoms with Crippen LogP contribution in [0.2, 0.25) is 0 Å². The van der Waals surface area contributed by atoms with E-state index in [1.807, 2.05) is 21.1 Å². The zero-order valence-electron chi connectivity index (χ0n) is 41.6. The van der Waals surface area contributed by atoms with Gasteiger partial charge in [-0.15, -0.1) is 0 Å². The van der Waals surface area contributed by atoms with Gasteiger partial charge in [-0.05, 0) is 32.1 Å². The Hall–Kier alpha value is -1.25. The molecule has 0 bridgehead atoms. The second-order valence-corrected chi connectivity index (χ2v) is 20.7. The highest BCUT2D eigenvalue weighted by molar-refractivity contribution is 7.47. The van der Waals surface area contributed by atoms with Crippen LogP contribution in [0.5, 0.6) is 0 Å². The van der Waals surface area contributed by atoms with Gasteiger partial charge in [0.15, 0.2) is 6.10 Å². The van der Waals surface area contributed by atoms with E-state index in [9.17, 15) is 19.0 Å². The van der Waals surface area contributed by atoms with E-state index in [1.165, 1.54) is 167 Å². The molecule has 0 spiro atoms. The van der Waals surface area contributed by atoms with Crippen molar-refractivity contribution in [3.63, 3.8) is 0 Å². The topological polar surface area (TPSA) is 108 Å². The van der Waals surface area contributed by atoms with E-state index in [4.69, 9.17) is 18.5 Å². The van der Waals surface area contributed by atoms with Crippen molar-refractivity contribution < 1.29 is 42.1 Å². The van der Waals surface area contributed by atoms with Gasteiger partial charge in [-0.3, -0.25) is 18.6 Å². The van der Waals surface area contributed by atoms with Gasteiger partial charge in [-0.1, -0.05) is 225 Å². The van der Waals surface area contributed by atoms with Crippen LogP contribution >= 0.6 is 7.82 Å². The van der Waals surface area contributed by atoms with Gasteiger partial charge in [0, 0.05) is 12.8 Å². The van der Waals surface area contributed by atoms with E-state index in [-0.39, 0.29) is 25.6 Å². The number of hydrogen-bond acceptors (Lipinski definition) is 7. The fourth-order valence-electron chi connectivity index (χ4n) is 7.65. The van der Waals surface area contributed by atoms with E-state index in [2.05, 4.69) is 26.0 Å². The van der Waals surface area contributed by atoms with Crippen LogP contribution in [0.1, 0.15) is 258 Å². The first kappa shape index (κ1) is 60.8. The molecule has 9 nitrogen and oxygen atoms in total. The number of likely N-dealkylation sites (N-methyl/N-ethyl adjacent to an activating group) is 1. The largest absolute Gasteiger partial charge is 0.472 e. The average Bonchev–Trinajstić information content (AvgIpc) is 3.23. The first-order valence-corrected chi connectivity index (χ1v) is 27.9. The van der Waals surface area contributed by atoms with E-state index < -0.39 is 26.5 Å². The Morgan fingerprint density at radius 3 is 1.24 bits per heavy atom. The lowest BCUT2D eigenvalue weighted by atomic mass is 10.0. The normalized spacial score (nSPS) is 13.5. The van der Waals surface area contributed by atoms with Gasteiger partial charge in [0.05, 0.1) is 27.7 Å². The first-order valence-electron chi connectivity index (χ1n) is 26.4. The molecule has 0 fully saturated rings. The lowest BCUT2D eigenvalue weighted by molar-refractivity contribution is -0.870. The summed E-state index contributed by atoms with van der Waals surface area (Å²) in [6.45, 7) is 4.42. The standard InChI is InChI=1S/C52H102NO8P/c1-6-8-10-12-14-16-18-19-20-21-22-23-24-25-26-27-28-29-30-31-32-33-35-36-38-40-42-44-51(54)58-48-50(49-60-62(56,57)59-47-46-53(3,4)5)61-52(55)45-43-41-39-37-34-17-15-13-11-9-7-2/h13,15,50H,6-12,14,16-49H2,1-5H3/p+1/b15-13-. The molecule has 0 radical (unpaired) electrons. The van der Waals surface area contributed by atoms with Gasteiger partial charge in [-0.2, -0.15) is 0 Å². The van der Waals surface area contributed by atoms with E-state index in [0.29, 0.717) is 23.9 Å². The van der Waals surface area contributed by atoms with Crippen LogP contribution in [0.4, 0.5) is 0 Å². The number of hydrogen-bond donors (Lipinski definition) is 1. The van der Waals surface area contributed by atoms with Crippen LogP contribution in [-0.2, 0) is 32.7 Å². The summed E-state index contributed by atoms with van der Waals surface area (Å²) in [6, 6.07) is 0. The molecule has 0 saturated heterocycles. The highest BCUT2D eigenvalue weighted by atomic mass is 31.2. The number of rotatable bonds is 49. The van der Waals surface area contributed by atoms with Crippen molar-refractivity contribution in [3.8, 4) is 0 Å². The Morgan fingerprint density at radius 1 is 0.484 bits per heavy atom. The maximum atomic E-state index is 12.7. The predicted octanol–water partition coefficient (Wildman–Crippen LogP) is 15.7. The first-order chi connectivity index (χ1) is 30.0. The number of phosphoric ester groups is 1. The van der Waals surface area contributed by atoms with Gasteiger partial charge >= 0.3 is 19.8 Å². The fraction of sp³-hybridized carbons (Fsp3) is 0.923. The molecule has 0 aliphatic rings. The lowest BCUT2D eigenvalue weighted by Gasteiger charge is -2.24. The Bertz CT molecular complexity index is 1060. The Morgan fingerprint density at radius 2 is 0.839 bits per heavy atom. The second-order valence-electron chi connectivity index (χ2n) is 19.3. The maximum absolute atomic E-state index is 12.7. The lowest BCUT2D eigenvalue weighted by Crippen LogP contribution is -2.37. The molecular formula is C52H103NO8P+. The molecule has 0 aliphatic carbocycles. The number of carbonyl (C=O) groups is 2. The van der Waals surface area contributed by atoms with Crippen molar-refractivity contribution in [2.24, 2.45) is 0 Å². The third-order valence-electron chi connectivity index (χ3n) is 11.8. The molecule has 2 atom stereocenters. The molecule has 368 valence electrons. The fourth-order valence-corrected chi connectivity index (χ4v) is 8.39. The molecule has 10 heteroatoms. The SMILES string of the molecule is CCCC/C=C\CCCCCCCC(=O)OC(COC(=O)CCCCCCCCCCCCCCCCCCCCCCCCCCCCC)COP(=O)(O)OCC[N+](C)(C)C. The van der Waals surface area contributed by atoms with Crippen molar-refractivity contribution in [1.29, 1.82) is 0 Å². The number of esters is 2. The third kappa shape index (κ3) is 48.2. The maximum Gasteiger partial charge on any atom is 0.472 e. The van der Waals surface area contributed by atoms with E-state index >= 15 is 0 Å². The summed E-state index contributed by atoms with van der Waals surface area (Å²) in [5.74, 6) is -0.796. The minimum absolute atomic E-state index is 0.0332. The molecule has 0 amide bonds. The number of carbonyl (C=O) groups excluding carboxylic acids is 2. The number of phosphoric acid groups is 1. The number of unbranched alkanes of at least 4 members (excludes halogenated alkanes) is 33. The molecule has 0 aromatic carbocycles. The number of ether oxygens (including phenoxy) is 2. The summed E-state index contributed by atoms with van der Waals surface area (Å²) >= 11 is 0. The van der Waals surface area contributed by atoms with Crippen LogP contribution in [0.25, 0.3) is 0 Å². The third-order valence-corrected chi connectivity index (χ3v) is 12.8. The molecule has 0 heterocycles.